The van der Waals surface area contributed by atoms with Crippen molar-refractivity contribution in [1.29, 1.82) is 0 Å². The number of ether oxygens (including phenoxy) is 1. The molecule has 0 radical (unpaired) electrons. The van der Waals surface area contributed by atoms with Gasteiger partial charge in [0.25, 0.3) is 5.91 Å². The van der Waals surface area contributed by atoms with Gasteiger partial charge in [-0.3, -0.25) is 4.79 Å². The van der Waals surface area contributed by atoms with Gasteiger partial charge < -0.3 is 9.64 Å². The van der Waals surface area contributed by atoms with Gasteiger partial charge in [-0.2, -0.15) is 4.31 Å². The highest BCUT2D eigenvalue weighted by Gasteiger charge is 2.32. The van der Waals surface area contributed by atoms with Gasteiger partial charge in [0.2, 0.25) is 10.0 Å². The molecule has 0 spiro atoms. The number of hydrogen-bond acceptors (Lipinski definition) is 5. The fraction of sp³-hybridized carbons (Fsp3) is 0.391. The second-order valence-electron chi connectivity index (χ2n) is 8.13. The Labute approximate surface area is 193 Å². The summed E-state index contributed by atoms with van der Waals surface area (Å²) in [5.41, 5.74) is 1.81. The number of halogens is 1. The molecule has 170 valence electrons. The summed E-state index contributed by atoms with van der Waals surface area (Å²) in [6, 6.07) is 11.6. The highest BCUT2D eigenvalue weighted by Crippen LogP contribution is 2.32. The van der Waals surface area contributed by atoms with Crippen LogP contribution in [0.25, 0.3) is 0 Å². The molecule has 2 aromatic carbocycles. The normalized spacial score (nSPS) is 18.9. The number of fused-ring (bicyclic) bond motifs is 1. The van der Waals surface area contributed by atoms with Crippen LogP contribution in [0.5, 0.6) is 0 Å². The Morgan fingerprint density at radius 1 is 1.09 bits per heavy atom. The number of piperidine rings is 1. The van der Waals surface area contributed by atoms with Gasteiger partial charge in [0.1, 0.15) is 0 Å². The molecule has 4 rings (SSSR count). The van der Waals surface area contributed by atoms with Gasteiger partial charge in [0.15, 0.2) is 6.61 Å². The van der Waals surface area contributed by atoms with E-state index in [-0.39, 0.29) is 27.4 Å². The van der Waals surface area contributed by atoms with Gasteiger partial charge >= 0.3 is 5.97 Å². The van der Waals surface area contributed by atoms with Gasteiger partial charge in [-0.1, -0.05) is 36.2 Å². The summed E-state index contributed by atoms with van der Waals surface area (Å²) in [4.78, 5) is 27.1. The molecule has 2 aliphatic heterocycles. The lowest BCUT2D eigenvalue weighted by atomic mass is 10.1. The van der Waals surface area contributed by atoms with Crippen molar-refractivity contribution in [3.05, 3.63) is 58.6 Å². The second-order valence-corrected chi connectivity index (χ2v) is 10.5. The van der Waals surface area contributed by atoms with E-state index in [1.54, 1.807) is 4.90 Å². The predicted octanol–water partition coefficient (Wildman–Crippen LogP) is 3.65. The van der Waals surface area contributed by atoms with Crippen LogP contribution >= 0.6 is 11.6 Å². The summed E-state index contributed by atoms with van der Waals surface area (Å²) in [7, 11) is -3.73. The molecule has 0 N–H and O–H groups in total. The maximum absolute atomic E-state index is 12.9. The number of benzene rings is 2. The van der Waals surface area contributed by atoms with Crippen molar-refractivity contribution in [3.63, 3.8) is 0 Å². The van der Waals surface area contributed by atoms with E-state index in [1.807, 2.05) is 31.2 Å². The number of carbonyl (C=O) groups excluding carboxylic acids is 2. The second kappa shape index (κ2) is 9.21. The van der Waals surface area contributed by atoms with Crippen molar-refractivity contribution in [2.75, 3.05) is 24.6 Å². The van der Waals surface area contributed by atoms with Crippen LogP contribution in [0.15, 0.2) is 47.4 Å². The number of nitrogens with zero attached hydrogens (tertiary/aromatic N) is 2. The van der Waals surface area contributed by atoms with Crippen molar-refractivity contribution < 1.29 is 22.7 Å². The Hall–Kier alpha value is -2.42. The Balaban J connectivity index is 1.48. The highest BCUT2D eigenvalue weighted by molar-refractivity contribution is 7.89. The maximum atomic E-state index is 12.9. The zero-order chi connectivity index (χ0) is 22.9. The molecule has 1 saturated heterocycles. The van der Waals surface area contributed by atoms with Crippen molar-refractivity contribution in [3.8, 4) is 0 Å². The molecule has 1 unspecified atom stereocenters. The molecule has 7 nitrogen and oxygen atoms in total. The first kappa shape index (κ1) is 22.8. The third-order valence-electron chi connectivity index (χ3n) is 5.91. The first-order valence-corrected chi connectivity index (χ1v) is 12.5. The molecule has 2 aliphatic rings. The van der Waals surface area contributed by atoms with Crippen LogP contribution in [0.4, 0.5) is 5.69 Å². The van der Waals surface area contributed by atoms with E-state index in [1.165, 1.54) is 22.5 Å². The molecule has 32 heavy (non-hydrogen) atoms. The molecule has 2 aromatic rings. The molecular formula is C23H25ClN2O5S. The predicted molar refractivity (Wildman–Crippen MR) is 121 cm³/mol. The average molecular weight is 477 g/mol. The third kappa shape index (κ3) is 4.40. The lowest BCUT2D eigenvalue weighted by Gasteiger charge is -2.26. The molecule has 1 amide bonds. The van der Waals surface area contributed by atoms with E-state index in [0.717, 1.165) is 36.9 Å². The molecule has 0 aliphatic carbocycles. The molecule has 0 aromatic heterocycles. The Bertz CT molecular complexity index is 1140. The fourth-order valence-corrected chi connectivity index (χ4v) is 6.03. The molecule has 1 fully saturated rings. The van der Waals surface area contributed by atoms with E-state index in [2.05, 4.69) is 0 Å². The standard InChI is InChI=1S/C23H25ClN2O5S/c1-16-13-17-7-3-4-8-21(17)26(16)22(27)15-31-23(28)19-14-18(9-10-20(19)24)32(29,30)25-11-5-2-6-12-25/h3-4,7-10,14,16H,2,5-6,11-13,15H2,1H3. The molecule has 9 heteroatoms. The van der Waals surface area contributed by atoms with Gasteiger partial charge in [-0.25, -0.2) is 13.2 Å². The average Bonchev–Trinajstić information content (AvgIpc) is 3.13. The lowest BCUT2D eigenvalue weighted by molar-refractivity contribution is -0.122. The van der Waals surface area contributed by atoms with Crippen molar-refractivity contribution >= 4 is 39.2 Å². The summed E-state index contributed by atoms with van der Waals surface area (Å²) in [6.07, 6.45) is 3.35. The number of hydrogen-bond donors (Lipinski definition) is 0. The highest BCUT2D eigenvalue weighted by atomic mass is 35.5. The van der Waals surface area contributed by atoms with Gasteiger partial charge in [0.05, 0.1) is 15.5 Å². The molecule has 0 saturated carbocycles. The maximum Gasteiger partial charge on any atom is 0.340 e. The Kier molecular flexibility index (Phi) is 6.55. The van der Waals surface area contributed by atoms with Crippen LogP contribution in [0.2, 0.25) is 5.02 Å². The van der Waals surface area contributed by atoms with E-state index >= 15 is 0 Å². The monoisotopic (exact) mass is 476 g/mol. The number of carbonyl (C=O) groups is 2. The largest absolute Gasteiger partial charge is 0.452 e. The van der Waals surface area contributed by atoms with E-state index in [9.17, 15) is 18.0 Å². The Morgan fingerprint density at radius 2 is 1.81 bits per heavy atom. The fourth-order valence-electron chi connectivity index (χ4n) is 4.30. The van der Waals surface area contributed by atoms with E-state index in [4.69, 9.17) is 16.3 Å². The van der Waals surface area contributed by atoms with Crippen molar-refractivity contribution in [2.24, 2.45) is 0 Å². The molecular weight excluding hydrogens is 452 g/mol. The van der Waals surface area contributed by atoms with Gasteiger partial charge in [-0.15, -0.1) is 0 Å². The molecule has 2 heterocycles. The summed E-state index contributed by atoms with van der Waals surface area (Å²) < 4.78 is 32.5. The number of amides is 1. The van der Waals surface area contributed by atoms with Crippen LogP contribution in [-0.2, 0) is 26.0 Å². The van der Waals surface area contributed by atoms with E-state index in [0.29, 0.717) is 13.1 Å². The SMILES string of the molecule is CC1Cc2ccccc2N1C(=O)COC(=O)c1cc(S(=O)(=O)N2CCCCC2)ccc1Cl. The topological polar surface area (TPSA) is 84.0 Å². The molecule has 0 bridgehead atoms. The van der Waals surface area contributed by atoms with Gasteiger partial charge in [0, 0.05) is 24.8 Å². The quantitative estimate of drug-likeness (QED) is 0.615. The zero-order valence-electron chi connectivity index (χ0n) is 17.8. The summed E-state index contributed by atoms with van der Waals surface area (Å²) in [6.45, 7) is 2.38. The Morgan fingerprint density at radius 3 is 2.56 bits per heavy atom. The van der Waals surface area contributed by atoms with E-state index < -0.39 is 22.6 Å². The number of para-hydroxylation sites is 1. The van der Waals surface area contributed by atoms with Crippen LogP contribution < -0.4 is 4.90 Å². The number of rotatable bonds is 5. The smallest absolute Gasteiger partial charge is 0.340 e. The number of sulfonamides is 1. The minimum atomic E-state index is -3.73. The zero-order valence-corrected chi connectivity index (χ0v) is 19.4. The minimum Gasteiger partial charge on any atom is -0.452 e. The van der Waals surface area contributed by atoms with Crippen LogP contribution in [-0.4, -0.2) is 50.3 Å². The summed E-state index contributed by atoms with van der Waals surface area (Å²) in [5.74, 6) is -1.18. The van der Waals surface area contributed by atoms with Crippen LogP contribution in [0.3, 0.4) is 0 Å². The van der Waals surface area contributed by atoms with Crippen LogP contribution in [0, 0.1) is 0 Å². The van der Waals surface area contributed by atoms with Crippen molar-refractivity contribution in [2.45, 2.75) is 43.5 Å². The molecule has 1 atom stereocenters. The van der Waals surface area contributed by atoms with Crippen LogP contribution in [0.1, 0.15) is 42.1 Å². The van der Waals surface area contributed by atoms with Gasteiger partial charge in [-0.05, 0) is 56.0 Å². The number of esters is 1. The first-order valence-electron chi connectivity index (χ1n) is 10.7. The van der Waals surface area contributed by atoms with Crippen molar-refractivity contribution in [1.82, 2.24) is 4.31 Å². The first-order chi connectivity index (χ1) is 15.3. The minimum absolute atomic E-state index is 0.0100. The summed E-state index contributed by atoms with van der Waals surface area (Å²) >= 11 is 6.15. The lowest BCUT2D eigenvalue weighted by Crippen LogP contribution is -2.38. The summed E-state index contributed by atoms with van der Waals surface area (Å²) in [5, 5.41) is 0.0694. The number of anilines is 1. The third-order valence-corrected chi connectivity index (χ3v) is 8.14.